The molecule has 5 nitrogen and oxygen atoms in total. The van der Waals surface area contributed by atoms with E-state index in [0.29, 0.717) is 11.4 Å². The average molecular weight is 351 g/mol. The lowest BCUT2D eigenvalue weighted by Gasteiger charge is -2.25. The van der Waals surface area contributed by atoms with E-state index in [4.69, 9.17) is 4.74 Å². The van der Waals surface area contributed by atoms with Crippen LogP contribution in [0.1, 0.15) is 16.4 Å². The first-order valence-corrected chi connectivity index (χ1v) is 8.87. The van der Waals surface area contributed by atoms with Crippen LogP contribution < -0.4 is 15.4 Å². The Morgan fingerprint density at radius 1 is 1.24 bits per heavy atom. The van der Waals surface area contributed by atoms with Gasteiger partial charge in [-0.3, -0.25) is 4.79 Å². The molecule has 2 aromatic carbocycles. The summed E-state index contributed by atoms with van der Waals surface area (Å²) in [6.45, 7) is 0.0629. The number of nitrogens with zero attached hydrogens (tertiary/aromatic N) is 1. The van der Waals surface area contributed by atoms with E-state index in [9.17, 15) is 4.79 Å². The Labute approximate surface area is 150 Å². The summed E-state index contributed by atoms with van der Waals surface area (Å²) in [6, 6.07) is 16.2. The number of amides is 1. The zero-order valence-electron chi connectivity index (χ0n) is 13.7. The molecule has 2 aliphatic rings. The van der Waals surface area contributed by atoms with Crippen LogP contribution >= 0.6 is 11.8 Å². The van der Waals surface area contributed by atoms with Gasteiger partial charge in [0.2, 0.25) is 0 Å². The Balaban J connectivity index is 1.76. The highest BCUT2D eigenvalue weighted by Gasteiger charge is 2.25. The van der Waals surface area contributed by atoms with E-state index >= 15 is 0 Å². The summed E-state index contributed by atoms with van der Waals surface area (Å²) in [5, 5.41) is 7.00. The molecule has 1 amide bonds. The molecular weight excluding hydrogens is 334 g/mol. The molecule has 2 aromatic rings. The average Bonchev–Trinajstić information content (AvgIpc) is 2.67. The summed E-state index contributed by atoms with van der Waals surface area (Å²) in [7, 11) is 1.87. The van der Waals surface area contributed by atoms with Crippen molar-refractivity contribution in [1.29, 1.82) is 0 Å². The highest BCUT2D eigenvalue weighted by atomic mass is 32.2. The fourth-order valence-electron chi connectivity index (χ4n) is 2.89. The molecule has 25 heavy (non-hydrogen) atoms. The summed E-state index contributed by atoms with van der Waals surface area (Å²) < 4.78 is 5.45. The van der Waals surface area contributed by atoms with Gasteiger partial charge in [-0.15, -0.1) is 0 Å². The number of carbonyl (C=O) groups excluding carboxylic acids is 1. The van der Waals surface area contributed by atoms with Crippen LogP contribution in [0.3, 0.4) is 0 Å². The van der Waals surface area contributed by atoms with Crippen molar-refractivity contribution in [2.45, 2.75) is 5.25 Å². The third-order valence-electron chi connectivity index (χ3n) is 4.09. The molecule has 2 N–H and O–H groups in total. The predicted molar refractivity (Wildman–Crippen MR) is 102 cm³/mol. The molecule has 1 unspecified atom stereocenters. The van der Waals surface area contributed by atoms with Gasteiger partial charge in [-0.05, 0) is 28.8 Å². The van der Waals surface area contributed by atoms with Gasteiger partial charge in [0, 0.05) is 13.2 Å². The Kier molecular flexibility index (Phi) is 4.19. The fraction of sp³-hybridized carbons (Fsp3) is 0.158. The highest BCUT2D eigenvalue weighted by Crippen LogP contribution is 2.45. The van der Waals surface area contributed by atoms with Gasteiger partial charge in [-0.25, -0.2) is 4.99 Å². The molecular formula is C19H17N3O2S. The van der Waals surface area contributed by atoms with Crippen LogP contribution in [0.2, 0.25) is 0 Å². The second-order valence-corrected chi connectivity index (χ2v) is 6.82. The zero-order valence-corrected chi connectivity index (χ0v) is 14.5. The molecule has 0 aromatic heterocycles. The van der Waals surface area contributed by atoms with Crippen LogP contribution in [0.15, 0.2) is 59.7 Å². The number of rotatable bonds is 2. The highest BCUT2D eigenvalue weighted by molar-refractivity contribution is 8.14. The van der Waals surface area contributed by atoms with Gasteiger partial charge in [0.1, 0.15) is 5.75 Å². The normalized spacial score (nSPS) is 19.1. The number of fused-ring (bicyclic) bond motifs is 1. The quantitative estimate of drug-likeness (QED) is 0.870. The van der Waals surface area contributed by atoms with Crippen LogP contribution in [0.5, 0.6) is 5.75 Å². The molecule has 1 atom stereocenters. The van der Waals surface area contributed by atoms with E-state index in [1.165, 1.54) is 5.56 Å². The lowest BCUT2D eigenvalue weighted by molar-refractivity contribution is -0.118. The smallest absolute Gasteiger partial charge is 0.262 e. The standard InChI is InChI=1S/C19H17N3O2S/c1-20-19-21-10-14(18(25-19)12-5-3-2-4-6-12)13-7-8-16-15(9-13)22-17(23)11-24-16/h2-10,18H,11H2,1H3,(H,20,21)(H,22,23). The number of thioether (sulfide) groups is 1. The Morgan fingerprint density at radius 3 is 2.88 bits per heavy atom. The van der Waals surface area contributed by atoms with Crippen molar-refractivity contribution in [3.63, 3.8) is 0 Å². The minimum absolute atomic E-state index is 0.0629. The number of amidine groups is 1. The molecule has 0 spiro atoms. The predicted octanol–water partition coefficient (Wildman–Crippen LogP) is 3.42. The summed E-state index contributed by atoms with van der Waals surface area (Å²) in [5.41, 5.74) is 4.02. The molecule has 6 heteroatoms. The van der Waals surface area contributed by atoms with Crippen LogP contribution in [-0.4, -0.2) is 24.7 Å². The maximum atomic E-state index is 11.6. The Hall–Kier alpha value is -2.73. The van der Waals surface area contributed by atoms with Gasteiger partial charge in [-0.1, -0.05) is 48.2 Å². The molecule has 4 rings (SSSR count). The van der Waals surface area contributed by atoms with Crippen molar-refractivity contribution < 1.29 is 9.53 Å². The van der Waals surface area contributed by atoms with Crippen LogP contribution in [0.25, 0.3) is 5.57 Å². The van der Waals surface area contributed by atoms with Crippen LogP contribution in [0, 0.1) is 0 Å². The van der Waals surface area contributed by atoms with Crippen molar-refractivity contribution in [2.24, 2.45) is 4.99 Å². The fourth-order valence-corrected chi connectivity index (χ4v) is 3.96. The molecule has 126 valence electrons. The van der Waals surface area contributed by atoms with Gasteiger partial charge < -0.3 is 15.4 Å². The number of nitrogens with one attached hydrogen (secondary N) is 2. The summed E-state index contributed by atoms with van der Waals surface area (Å²) in [6.07, 6.45) is 1.90. The van der Waals surface area contributed by atoms with Gasteiger partial charge in [0.25, 0.3) is 5.91 Å². The van der Waals surface area contributed by atoms with E-state index in [1.54, 1.807) is 11.8 Å². The second kappa shape index (κ2) is 6.64. The van der Waals surface area contributed by atoms with Crippen molar-refractivity contribution in [2.75, 3.05) is 19.0 Å². The topological polar surface area (TPSA) is 62.7 Å². The third-order valence-corrected chi connectivity index (χ3v) is 5.39. The minimum Gasteiger partial charge on any atom is -0.482 e. The number of aliphatic imine (C=N–C) groups is 1. The first-order chi connectivity index (χ1) is 12.2. The van der Waals surface area contributed by atoms with Crippen LogP contribution in [0.4, 0.5) is 5.69 Å². The monoisotopic (exact) mass is 351 g/mol. The van der Waals surface area contributed by atoms with Gasteiger partial charge in [0.15, 0.2) is 11.8 Å². The Bertz CT molecular complexity index is 877. The van der Waals surface area contributed by atoms with E-state index in [1.807, 2.05) is 49.6 Å². The van der Waals surface area contributed by atoms with Crippen molar-refractivity contribution in [3.05, 3.63) is 65.9 Å². The molecule has 0 saturated heterocycles. The largest absolute Gasteiger partial charge is 0.482 e. The maximum Gasteiger partial charge on any atom is 0.262 e. The summed E-state index contributed by atoms with van der Waals surface area (Å²) >= 11 is 1.68. The van der Waals surface area contributed by atoms with Gasteiger partial charge in [0.05, 0.1) is 10.9 Å². The summed E-state index contributed by atoms with van der Waals surface area (Å²) in [5.74, 6) is 0.565. The number of benzene rings is 2. The van der Waals surface area contributed by atoms with Crippen molar-refractivity contribution >= 4 is 34.1 Å². The molecule has 0 bridgehead atoms. The number of ether oxygens (including phenoxy) is 1. The molecule has 0 saturated carbocycles. The van der Waals surface area contributed by atoms with E-state index in [-0.39, 0.29) is 17.8 Å². The SMILES string of the molecule is CNC1=NC=C(c2ccc3c(c2)NC(=O)CO3)C(c2ccccc2)S1. The van der Waals surface area contributed by atoms with E-state index in [0.717, 1.165) is 16.3 Å². The summed E-state index contributed by atoms with van der Waals surface area (Å²) in [4.78, 5) is 16.1. The van der Waals surface area contributed by atoms with Crippen LogP contribution in [-0.2, 0) is 4.79 Å². The zero-order chi connectivity index (χ0) is 17.2. The van der Waals surface area contributed by atoms with Crippen molar-refractivity contribution in [1.82, 2.24) is 5.32 Å². The maximum absolute atomic E-state index is 11.6. The lowest BCUT2D eigenvalue weighted by atomic mass is 9.97. The van der Waals surface area contributed by atoms with E-state index < -0.39 is 0 Å². The molecule has 2 heterocycles. The number of hydrogen-bond acceptors (Lipinski definition) is 5. The minimum atomic E-state index is -0.133. The first kappa shape index (κ1) is 15.8. The van der Waals surface area contributed by atoms with Gasteiger partial charge in [-0.2, -0.15) is 0 Å². The number of anilines is 1. The molecule has 0 aliphatic carbocycles. The molecule has 0 fully saturated rings. The Morgan fingerprint density at radius 2 is 2.08 bits per heavy atom. The first-order valence-electron chi connectivity index (χ1n) is 7.99. The second-order valence-electron chi connectivity index (χ2n) is 5.73. The van der Waals surface area contributed by atoms with Gasteiger partial charge >= 0.3 is 0 Å². The molecule has 2 aliphatic heterocycles. The van der Waals surface area contributed by atoms with E-state index in [2.05, 4.69) is 27.8 Å². The van der Waals surface area contributed by atoms with Crippen molar-refractivity contribution in [3.8, 4) is 5.75 Å². The molecule has 0 radical (unpaired) electrons. The number of carbonyl (C=O) groups is 1. The lowest BCUT2D eigenvalue weighted by Crippen LogP contribution is -2.25. The number of hydrogen-bond donors (Lipinski definition) is 2. The third kappa shape index (κ3) is 3.13.